The molecule has 5 nitrogen and oxygen atoms in total. The molecule has 0 spiro atoms. The molecule has 134 valence electrons. The second-order valence-corrected chi connectivity index (χ2v) is 6.94. The first-order valence-electron chi connectivity index (χ1n) is 8.21. The number of hydrogen-bond donors (Lipinski definition) is 0. The van der Waals surface area contributed by atoms with Crippen molar-refractivity contribution in [1.29, 1.82) is 0 Å². The van der Waals surface area contributed by atoms with Crippen molar-refractivity contribution in [3.8, 4) is 0 Å². The molecule has 0 saturated carbocycles. The maximum atomic E-state index is 12.0. The topological polar surface area (TPSA) is 61.8 Å². The Bertz CT molecular complexity index is 518. The molecule has 5 heteroatoms. The lowest BCUT2D eigenvalue weighted by Crippen LogP contribution is -2.29. The molecule has 0 aliphatic heterocycles. The van der Waals surface area contributed by atoms with E-state index < -0.39 is 23.5 Å². The fourth-order valence-corrected chi connectivity index (χ4v) is 1.98. The second kappa shape index (κ2) is 9.42. The molecule has 0 fully saturated rings. The van der Waals surface area contributed by atoms with Gasteiger partial charge in [0.1, 0.15) is 11.7 Å². The number of benzene rings is 1. The molecule has 1 aromatic rings. The molecule has 0 heterocycles. The Morgan fingerprint density at radius 2 is 1.71 bits per heavy atom. The van der Waals surface area contributed by atoms with E-state index in [1.165, 1.54) is 0 Å². The van der Waals surface area contributed by atoms with Crippen molar-refractivity contribution in [3.63, 3.8) is 0 Å². The van der Waals surface area contributed by atoms with E-state index >= 15 is 0 Å². The van der Waals surface area contributed by atoms with E-state index in [4.69, 9.17) is 14.2 Å². The van der Waals surface area contributed by atoms with Gasteiger partial charge in [-0.05, 0) is 33.3 Å². The first-order valence-corrected chi connectivity index (χ1v) is 8.21. The number of carbonyl (C=O) groups excluding carboxylic acids is 2. The van der Waals surface area contributed by atoms with Gasteiger partial charge in [-0.2, -0.15) is 0 Å². The van der Waals surface area contributed by atoms with Crippen LogP contribution in [0.4, 0.5) is 0 Å². The molecule has 0 saturated heterocycles. The summed E-state index contributed by atoms with van der Waals surface area (Å²) in [5.41, 5.74) is 0.508. The fraction of sp³-hybridized carbons (Fsp3) is 0.579. The highest BCUT2D eigenvalue weighted by Gasteiger charge is 2.24. The standard InChI is InChI=1S/C19H28O5/c1-14(11-17(20)24-19(3,4)5)18(21)23-15(2)12-22-13-16-9-7-6-8-10-16/h6-10,14-15H,11-13H2,1-5H3/t14-,15+/m1/s1. The molecule has 0 aliphatic rings. The minimum atomic E-state index is -0.556. The number of rotatable bonds is 8. The second-order valence-electron chi connectivity index (χ2n) is 6.94. The van der Waals surface area contributed by atoms with Gasteiger partial charge < -0.3 is 14.2 Å². The average molecular weight is 336 g/mol. The van der Waals surface area contributed by atoms with Crippen molar-refractivity contribution in [2.45, 2.75) is 59.4 Å². The van der Waals surface area contributed by atoms with Crippen LogP contribution in [-0.4, -0.2) is 30.3 Å². The van der Waals surface area contributed by atoms with Crippen molar-refractivity contribution in [2.75, 3.05) is 6.61 Å². The van der Waals surface area contributed by atoms with Crippen molar-refractivity contribution < 1.29 is 23.8 Å². The predicted octanol–water partition coefficient (Wildman–Crippen LogP) is 3.50. The maximum absolute atomic E-state index is 12.0. The highest BCUT2D eigenvalue weighted by molar-refractivity contribution is 5.79. The highest BCUT2D eigenvalue weighted by Crippen LogP contribution is 2.13. The van der Waals surface area contributed by atoms with E-state index in [1.807, 2.05) is 30.3 Å². The van der Waals surface area contributed by atoms with Crippen LogP contribution in [0.25, 0.3) is 0 Å². The van der Waals surface area contributed by atoms with Gasteiger partial charge in [-0.3, -0.25) is 9.59 Å². The van der Waals surface area contributed by atoms with Crippen LogP contribution in [0, 0.1) is 5.92 Å². The molecule has 1 aromatic carbocycles. The van der Waals surface area contributed by atoms with Crippen molar-refractivity contribution in [1.82, 2.24) is 0 Å². The largest absolute Gasteiger partial charge is 0.460 e. The summed E-state index contributed by atoms with van der Waals surface area (Å²) in [4.78, 5) is 23.7. The van der Waals surface area contributed by atoms with Crippen LogP contribution in [0.2, 0.25) is 0 Å². The molecule has 1 rings (SSSR count). The first-order chi connectivity index (χ1) is 11.2. The minimum absolute atomic E-state index is 0.00763. The smallest absolute Gasteiger partial charge is 0.309 e. The van der Waals surface area contributed by atoms with E-state index in [-0.39, 0.29) is 12.5 Å². The number of hydrogen-bond acceptors (Lipinski definition) is 5. The monoisotopic (exact) mass is 336 g/mol. The first kappa shape index (κ1) is 20.2. The molecule has 0 N–H and O–H groups in total. The lowest BCUT2D eigenvalue weighted by molar-refractivity contribution is -0.164. The Morgan fingerprint density at radius 1 is 1.08 bits per heavy atom. The Balaban J connectivity index is 2.28. The van der Waals surface area contributed by atoms with Gasteiger partial charge in [0.15, 0.2) is 0 Å². The van der Waals surface area contributed by atoms with Crippen LogP contribution in [-0.2, 0) is 30.4 Å². The van der Waals surface area contributed by atoms with Gasteiger partial charge >= 0.3 is 11.9 Å². The molecular weight excluding hydrogens is 308 g/mol. The number of carbonyl (C=O) groups is 2. The lowest BCUT2D eigenvalue weighted by Gasteiger charge is -2.21. The van der Waals surface area contributed by atoms with E-state index in [2.05, 4.69) is 0 Å². The summed E-state index contributed by atoms with van der Waals surface area (Å²) in [5, 5.41) is 0. The number of esters is 2. The van der Waals surface area contributed by atoms with Crippen LogP contribution in [0.5, 0.6) is 0 Å². The summed E-state index contributed by atoms with van der Waals surface area (Å²) in [6.07, 6.45) is -0.365. The zero-order chi connectivity index (χ0) is 18.2. The zero-order valence-corrected chi connectivity index (χ0v) is 15.2. The van der Waals surface area contributed by atoms with Gasteiger partial charge in [-0.15, -0.1) is 0 Å². The lowest BCUT2D eigenvalue weighted by atomic mass is 10.1. The fourth-order valence-electron chi connectivity index (χ4n) is 1.98. The van der Waals surface area contributed by atoms with E-state index in [9.17, 15) is 9.59 Å². The van der Waals surface area contributed by atoms with Gasteiger partial charge in [0, 0.05) is 0 Å². The van der Waals surface area contributed by atoms with E-state index in [1.54, 1.807) is 34.6 Å². The van der Waals surface area contributed by atoms with Crippen LogP contribution >= 0.6 is 0 Å². The highest BCUT2D eigenvalue weighted by atomic mass is 16.6. The Kier molecular flexibility index (Phi) is 7.92. The minimum Gasteiger partial charge on any atom is -0.460 e. The van der Waals surface area contributed by atoms with Crippen LogP contribution in [0.15, 0.2) is 30.3 Å². The predicted molar refractivity (Wildman–Crippen MR) is 91.3 cm³/mol. The average Bonchev–Trinajstić information content (AvgIpc) is 2.46. The molecule has 0 bridgehead atoms. The van der Waals surface area contributed by atoms with Crippen molar-refractivity contribution in [3.05, 3.63) is 35.9 Å². The molecule has 0 amide bonds. The van der Waals surface area contributed by atoms with Gasteiger partial charge in [0.25, 0.3) is 0 Å². The maximum Gasteiger partial charge on any atom is 0.309 e. The van der Waals surface area contributed by atoms with E-state index in [0.717, 1.165) is 5.56 Å². The molecule has 0 aromatic heterocycles. The quantitative estimate of drug-likeness (QED) is 0.680. The van der Waals surface area contributed by atoms with Crippen LogP contribution < -0.4 is 0 Å². The van der Waals surface area contributed by atoms with Gasteiger partial charge in [0.05, 0.1) is 25.6 Å². The van der Waals surface area contributed by atoms with Crippen molar-refractivity contribution >= 4 is 11.9 Å². The van der Waals surface area contributed by atoms with Crippen LogP contribution in [0.3, 0.4) is 0 Å². The summed E-state index contributed by atoms with van der Waals surface area (Å²) in [7, 11) is 0. The third-order valence-electron chi connectivity index (χ3n) is 3.08. The molecular formula is C19H28O5. The molecule has 24 heavy (non-hydrogen) atoms. The molecule has 0 aliphatic carbocycles. The van der Waals surface area contributed by atoms with E-state index in [0.29, 0.717) is 13.2 Å². The van der Waals surface area contributed by atoms with Gasteiger partial charge in [0.2, 0.25) is 0 Å². The summed E-state index contributed by atoms with van der Waals surface area (Å²) < 4.78 is 16.1. The molecule has 0 radical (unpaired) electrons. The Labute approximate surface area is 144 Å². The molecule has 2 atom stereocenters. The van der Waals surface area contributed by atoms with Gasteiger partial charge in [-0.1, -0.05) is 37.3 Å². The van der Waals surface area contributed by atoms with Crippen molar-refractivity contribution in [2.24, 2.45) is 5.92 Å². The normalized spacial score (nSPS) is 13.9. The summed E-state index contributed by atoms with van der Waals surface area (Å²) in [6, 6.07) is 9.78. The van der Waals surface area contributed by atoms with Crippen LogP contribution in [0.1, 0.15) is 46.6 Å². The summed E-state index contributed by atoms with van der Waals surface area (Å²) >= 11 is 0. The summed E-state index contributed by atoms with van der Waals surface area (Å²) in [6.45, 7) is 9.57. The zero-order valence-electron chi connectivity index (χ0n) is 15.2. The number of ether oxygens (including phenoxy) is 3. The SMILES string of the molecule is C[C@H](CC(=O)OC(C)(C)C)C(=O)O[C@@H](C)COCc1ccccc1. The van der Waals surface area contributed by atoms with Gasteiger partial charge in [-0.25, -0.2) is 0 Å². The summed E-state index contributed by atoms with van der Waals surface area (Å²) in [5.74, 6) is -1.37. The third-order valence-corrected chi connectivity index (χ3v) is 3.08. The Morgan fingerprint density at radius 3 is 2.29 bits per heavy atom. The Hall–Kier alpha value is -1.88. The third kappa shape index (κ3) is 8.67. The molecule has 0 unspecified atom stereocenters.